The van der Waals surface area contributed by atoms with Crippen LogP contribution in [0.2, 0.25) is 0 Å². The van der Waals surface area contributed by atoms with Gasteiger partial charge in [-0.2, -0.15) is 0 Å². The minimum Gasteiger partial charge on any atom is -0.378 e. The number of hydrogen-bond acceptors (Lipinski definition) is 6. The van der Waals surface area contributed by atoms with Gasteiger partial charge in [0.1, 0.15) is 11.8 Å². The van der Waals surface area contributed by atoms with Crippen molar-refractivity contribution < 1.29 is 2.85 Å². The number of aromatic nitrogens is 2. The van der Waals surface area contributed by atoms with Crippen LogP contribution >= 0.6 is 0 Å². The molecule has 1 unspecified atom stereocenters. The van der Waals surface area contributed by atoms with E-state index in [-0.39, 0.29) is 9.02 Å². The molecule has 7 nitrogen and oxygen atoms in total. The van der Waals surface area contributed by atoms with Gasteiger partial charge < -0.3 is 24.8 Å². The first-order valence-corrected chi connectivity index (χ1v) is 13.7. The van der Waals surface area contributed by atoms with Crippen molar-refractivity contribution in [1.82, 2.24) is 34.7 Å². The molecule has 0 spiro atoms. The third kappa shape index (κ3) is 6.22. The number of nitrogens with zero attached hydrogens (tertiary/aromatic N) is 5. The summed E-state index contributed by atoms with van der Waals surface area (Å²) in [6.07, 6.45) is 14.6. The van der Waals surface area contributed by atoms with Gasteiger partial charge in [0.25, 0.3) is 0 Å². The second kappa shape index (κ2) is 12.2. The number of hydrogen-bond donors (Lipinski definition) is 2. The van der Waals surface area contributed by atoms with E-state index in [1.165, 1.54) is 11.3 Å². The van der Waals surface area contributed by atoms with Crippen LogP contribution in [0.15, 0.2) is 97.6 Å². The number of rotatable bonds is 8. The standard InChI is InChI=1S/C29H37N7.C2H6.2H2/c1-21(2)24(5)34-14-12-33(13-15-34)18-25-9-10-28-31-26(20-35(28)19-25)17-30-23(4)27-16-22(3)36-11-7-6-8-29(36)32-27;1-2;;/h6-11,16,19-21,29-30,32H,3-5,12-15,17-18H2,1-2H3;1-2H3;2*1H. The number of imidazole rings is 1. The molecule has 2 aromatic rings. The number of fused-ring (bicyclic) bond motifs is 2. The second-order valence-electron chi connectivity index (χ2n) is 10.0. The Labute approximate surface area is 231 Å². The summed E-state index contributed by atoms with van der Waals surface area (Å²) in [6.45, 7) is 26.9. The van der Waals surface area contributed by atoms with Crippen molar-refractivity contribution in [2.45, 2.75) is 47.0 Å². The SMILES string of the molecule is C=C(NCc1cn2cc(CN3CCN(C(=C)C(C)C)CC3)ccc2n1)C1=CC(=C)N2C=CC=CC2N1.CC.[HH].[HH]. The molecule has 7 heteroatoms. The lowest BCUT2D eigenvalue weighted by Crippen LogP contribution is -2.45. The summed E-state index contributed by atoms with van der Waals surface area (Å²) in [7, 11) is 0. The van der Waals surface area contributed by atoms with Crippen LogP contribution in [0, 0.1) is 5.92 Å². The number of allylic oxidation sites excluding steroid dienone is 4. The van der Waals surface area contributed by atoms with Gasteiger partial charge in [0, 0.05) is 65.6 Å². The van der Waals surface area contributed by atoms with Gasteiger partial charge in [-0.1, -0.05) is 59.6 Å². The van der Waals surface area contributed by atoms with Crippen LogP contribution in [0.1, 0.15) is 41.8 Å². The molecule has 5 rings (SSSR count). The fourth-order valence-electron chi connectivity index (χ4n) is 4.88. The first-order valence-electron chi connectivity index (χ1n) is 13.7. The lowest BCUT2D eigenvalue weighted by atomic mass is 10.1. The molecule has 3 aliphatic heterocycles. The lowest BCUT2D eigenvalue weighted by molar-refractivity contribution is 0.145. The van der Waals surface area contributed by atoms with Gasteiger partial charge in [-0.25, -0.2) is 4.98 Å². The number of piperazine rings is 1. The van der Waals surface area contributed by atoms with E-state index >= 15 is 0 Å². The van der Waals surface area contributed by atoms with Gasteiger partial charge in [0.15, 0.2) is 0 Å². The van der Waals surface area contributed by atoms with Crippen molar-refractivity contribution >= 4 is 5.65 Å². The van der Waals surface area contributed by atoms with Crippen LogP contribution in [0.5, 0.6) is 0 Å². The highest BCUT2D eigenvalue weighted by atomic mass is 15.3. The van der Waals surface area contributed by atoms with Gasteiger partial charge in [0.05, 0.1) is 23.6 Å². The molecule has 206 valence electrons. The van der Waals surface area contributed by atoms with Crippen LogP contribution < -0.4 is 10.6 Å². The Hall–Kier alpha value is -3.71. The minimum atomic E-state index is 0. The van der Waals surface area contributed by atoms with Crippen molar-refractivity contribution in [2.24, 2.45) is 5.92 Å². The van der Waals surface area contributed by atoms with Gasteiger partial charge in [0.2, 0.25) is 0 Å². The minimum absolute atomic E-state index is 0. The van der Waals surface area contributed by atoms with Gasteiger partial charge in [-0.05, 0) is 35.8 Å². The maximum Gasteiger partial charge on any atom is 0.137 e. The van der Waals surface area contributed by atoms with Crippen molar-refractivity contribution in [2.75, 3.05) is 26.2 Å². The van der Waals surface area contributed by atoms with Gasteiger partial charge in [-0.3, -0.25) is 4.90 Å². The molecule has 1 saturated heterocycles. The molecule has 2 aromatic heterocycles. The number of nitrogens with one attached hydrogen (secondary N) is 2. The first-order chi connectivity index (χ1) is 18.4. The highest BCUT2D eigenvalue weighted by Gasteiger charge is 2.23. The maximum absolute atomic E-state index is 4.79. The van der Waals surface area contributed by atoms with E-state index in [0.717, 1.165) is 61.2 Å². The fourth-order valence-corrected chi connectivity index (χ4v) is 4.88. The summed E-state index contributed by atoms with van der Waals surface area (Å²) in [4.78, 5) is 11.8. The zero-order chi connectivity index (χ0) is 27.2. The van der Waals surface area contributed by atoms with E-state index in [2.05, 4.69) is 93.9 Å². The summed E-state index contributed by atoms with van der Waals surface area (Å²) in [5, 5.41) is 6.92. The Bertz CT molecular complexity index is 1270. The van der Waals surface area contributed by atoms with E-state index in [1.807, 2.05) is 38.3 Å². The monoisotopic (exact) mass is 517 g/mol. The molecular formula is C31H47N7. The Morgan fingerprint density at radius 1 is 1.13 bits per heavy atom. The summed E-state index contributed by atoms with van der Waals surface area (Å²) in [5.41, 5.74) is 7.20. The molecule has 5 heterocycles. The summed E-state index contributed by atoms with van der Waals surface area (Å²) in [6, 6.07) is 4.30. The summed E-state index contributed by atoms with van der Waals surface area (Å²) < 4.78 is 2.13. The average Bonchev–Trinajstić information content (AvgIpc) is 3.35. The quantitative estimate of drug-likeness (QED) is 0.485. The third-order valence-electron chi connectivity index (χ3n) is 7.12. The molecule has 1 fully saturated rings. The molecule has 0 saturated carbocycles. The largest absolute Gasteiger partial charge is 0.378 e. The Morgan fingerprint density at radius 2 is 1.89 bits per heavy atom. The van der Waals surface area contributed by atoms with Gasteiger partial charge in [-0.15, -0.1) is 0 Å². The molecule has 2 N–H and O–H groups in total. The lowest BCUT2D eigenvalue weighted by Gasteiger charge is -2.38. The van der Waals surface area contributed by atoms with E-state index in [1.54, 1.807) is 0 Å². The maximum atomic E-state index is 4.79. The molecule has 0 radical (unpaired) electrons. The Kier molecular flexibility index (Phi) is 8.79. The molecule has 0 aliphatic carbocycles. The van der Waals surface area contributed by atoms with Crippen LogP contribution in [0.25, 0.3) is 5.65 Å². The molecule has 1 atom stereocenters. The predicted molar refractivity (Wildman–Crippen MR) is 162 cm³/mol. The van der Waals surface area contributed by atoms with Gasteiger partial charge >= 0.3 is 0 Å². The average molecular weight is 518 g/mol. The van der Waals surface area contributed by atoms with Crippen molar-refractivity contribution in [3.8, 4) is 0 Å². The third-order valence-corrected chi connectivity index (χ3v) is 7.12. The number of pyridine rings is 1. The van der Waals surface area contributed by atoms with Crippen LogP contribution in [-0.2, 0) is 13.1 Å². The fraction of sp³-hybridized carbons (Fsp3) is 0.387. The summed E-state index contributed by atoms with van der Waals surface area (Å²) in [5.74, 6) is 0.507. The zero-order valence-electron chi connectivity index (χ0n) is 23.5. The van der Waals surface area contributed by atoms with Crippen LogP contribution in [0.4, 0.5) is 0 Å². The molecule has 0 aromatic carbocycles. The predicted octanol–water partition coefficient (Wildman–Crippen LogP) is 5.46. The Morgan fingerprint density at radius 3 is 2.63 bits per heavy atom. The summed E-state index contributed by atoms with van der Waals surface area (Å²) >= 11 is 0. The van der Waals surface area contributed by atoms with Crippen molar-refractivity contribution in [3.63, 3.8) is 0 Å². The highest BCUT2D eigenvalue weighted by Crippen LogP contribution is 2.23. The van der Waals surface area contributed by atoms with E-state index in [4.69, 9.17) is 4.98 Å². The van der Waals surface area contributed by atoms with E-state index < -0.39 is 0 Å². The highest BCUT2D eigenvalue weighted by molar-refractivity contribution is 5.42. The molecule has 0 amide bonds. The van der Waals surface area contributed by atoms with Crippen molar-refractivity contribution in [1.29, 1.82) is 0 Å². The first kappa shape index (κ1) is 27.3. The van der Waals surface area contributed by atoms with Crippen molar-refractivity contribution in [3.05, 3.63) is 109 Å². The normalized spacial score (nSPS) is 19.0. The second-order valence-corrected chi connectivity index (χ2v) is 10.0. The van der Waals surface area contributed by atoms with E-state index in [0.29, 0.717) is 12.5 Å². The molecule has 38 heavy (non-hydrogen) atoms. The Balaban J connectivity index is 0.00000137. The molecule has 3 aliphatic rings. The smallest absolute Gasteiger partial charge is 0.137 e. The van der Waals surface area contributed by atoms with Crippen LogP contribution in [-0.4, -0.2) is 56.4 Å². The van der Waals surface area contributed by atoms with Crippen LogP contribution in [0.3, 0.4) is 0 Å². The molecular weight excluding hydrogens is 470 g/mol. The zero-order valence-corrected chi connectivity index (χ0v) is 23.5. The molecule has 0 bridgehead atoms. The topological polar surface area (TPSA) is 51.1 Å². The van der Waals surface area contributed by atoms with E-state index in [9.17, 15) is 0 Å².